The quantitative estimate of drug-likeness (QED) is 0.721. The van der Waals surface area contributed by atoms with Gasteiger partial charge in [-0.15, -0.1) is 0 Å². The number of halogens is 1. The lowest BCUT2D eigenvalue weighted by molar-refractivity contribution is -0.131. The maximum atomic E-state index is 12.9. The molecule has 0 aliphatic heterocycles. The van der Waals surface area contributed by atoms with E-state index in [0.29, 0.717) is 17.3 Å². The van der Waals surface area contributed by atoms with Crippen LogP contribution in [0, 0.1) is 0 Å². The van der Waals surface area contributed by atoms with Crippen molar-refractivity contribution in [3.63, 3.8) is 0 Å². The lowest BCUT2D eigenvalue weighted by Crippen LogP contribution is -2.45. The molecule has 0 atom stereocenters. The van der Waals surface area contributed by atoms with Crippen LogP contribution in [0.2, 0.25) is 5.02 Å². The first kappa shape index (κ1) is 20.3. The first-order valence-corrected chi connectivity index (χ1v) is 10.5. The summed E-state index contributed by atoms with van der Waals surface area (Å²) >= 11 is 5.88. The van der Waals surface area contributed by atoms with Crippen molar-refractivity contribution < 1.29 is 13.2 Å². The highest BCUT2D eigenvalue weighted by Gasteiger charge is 2.25. The monoisotopic (exact) mass is 394 g/mol. The molecule has 0 saturated heterocycles. The number of carbonyl (C=O) groups excluding carboxylic acids is 1. The van der Waals surface area contributed by atoms with Gasteiger partial charge in [0.15, 0.2) is 0 Å². The van der Waals surface area contributed by atoms with E-state index in [9.17, 15) is 13.2 Å². The zero-order valence-corrected chi connectivity index (χ0v) is 16.7. The molecule has 0 unspecified atom stereocenters. The number of anilines is 1. The van der Waals surface area contributed by atoms with Crippen molar-refractivity contribution in [3.8, 4) is 0 Å². The number of rotatable bonds is 7. The van der Waals surface area contributed by atoms with Crippen LogP contribution in [0.15, 0.2) is 54.6 Å². The molecule has 0 radical (unpaired) electrons. The molecule has 5 nitrogen and oxygen atoms in total. The highest BCUT2D eigenvalue weighted by molar-refractivity contribution is 7.92. The van der Waals surface area contributed by atoms with E-state index >= 15 is 0 Å². The second kappa shape index (κ2) is 8.56. The minimum absolute atomic E-state index is 0.0608. The van der Waals surface area contributed by atoms with Gasteiger partial charge in [-0.3, -0.25) is 9.10 Å². The van der Waals surface area contributed by atoms with Crippen LogP contribution in [-0.2, 0) is 21.4 Å². The Balaban J connectivity index is 2.25. The Kier molecular flexibility index (Phi) is 6.67. The number of hydrogen-bond donors (Lipinski definition) is 0. The maximum Gasteiger partial charge on any atom is 0.243 e. The molecule has 2 rings (SSSR count). The molecule has 0 saturated carbocycles. The summed E-state index contributed by atoms with van der Waals surface area (Å²) in [5.41, 5.74) is 1.40. The van der Waals surface area contributed by atoms with Gasteiger partial charge in [0.2, 0.25) is 15.9 Å². The van der Waals surface area contributed by atoms with Crippen molar-refractivity contribution in [1.29, 1.82) is 0 Å². The minimum Gasteiger partial charge on any atom is -0.334 e. The standard InChI is InChI=1S/C19H23ClN2O3S/c1-15(2)21(13-16-7-5-4-6-8-16)19(23)14-22(26(3,24)25)18-11-9-17(20)10-12-18/h4-12,15H,13-14H2,1-3H3. The van der Waals surface area contributed by atoms with Crippen LogP contribution in [0.1, 0.15) is 19.4 Å². The Morgan fingerprint density at radius 3 is 2.12 bits per heavy atom. The molecule has 1 amide bonds. The van der Waals surface area contributed by atoms with Crippen LogP contribution >= 0.6 is 11.6 Å². The van der Waals surface area contributed by atoms with Gasteiger partial charge in [-0.2, -0.15) is 0 Å². The molecular weight excluding hydrogens is 372 g/mol. The summed E-state index contributed by atoms with van der Waals surface area (Å²) in [6.45, 7) is 3.99. The molecule has 2 aromatic carbocycles. The number of benzene rings is 2. The van der Waals surface area contributed by atoms with Gasteiger partial charge in [-0.1, -0.05) is 41.9 Å². The van der Waals surface area contributed by atoms with Crippen LogP contribution in [0.5, 0.6) is 0 Å². The molecule has 0 spiro atoms. The molecule has 0 heterocycles. The number of carbonyl (C=O) groups is 1. The Labute approximate surface area is 160 Å². The van der Waals surface area contributed by atoms with Crippen molar-refractivity contribution in [2.24, 2.45) is 0 Å². The second-order valence-electron chi connectivity index (χ2n) is 6.35. The third kappa shape index (κ3) is 5.47. The second-order valence-corrected chi connectivity index (χ2v) is 8.69. The molecule has 0 fully saturated rings. The van der Waals surface area contributed by atoms with E-state index in [0.717, 1.165) is 16.1 Å². The minimum atomic E-state index is -3.62. The van der Waals surface area contributed by atoms with Crippen molar-refractivity contribution >= 4 is 33.2 Å². The van der Waals surface area contributed by atoms with Crippen molar-refractivity contribution in [2.75, 3.05) is 17.1 Å². The SMILES string of the molecule is CC(C)N(Cc1ccccc1)C(=O)CN(c1ccc(Cl)cc1)S(C)(=O)=O. The van der Waals surface area contributed by atoms with Gasteiger partial charge in [0.05, 0.1) is 11.9 Å². The number of amides is 1. The average molecular weight is 395 g/mol. The zero-order valence-electron chi connectivity index (χ0n) is 15.1. The number of nitrogens with zero attached hydrogens (tertiary/aromatic N) is 2. The lowest BCUT2D eigenvalue weighted by atomic mass is 10.2. The van der Waals surface area contributed by atoms with Gasteiger partial charge < -0.3 is 4.90 Å². The number of hydrogen-bond acceptors (Lipinski definition) is 3. The molecule has 26 heavy (non-hydrogen) atoms. The van der Waals surface area contributed by atoms with Crippen molar-refractivity contribution in [2.45, 2.75) is 26.4 Å². The molecule has 0 aromatic heterocycles. The van der Waals surface area contributed by atoms with Crippen LogP contribution < -0.4 is 4.31 Å². The Morgan fingerprint density at radius 2 is 1.62 bits per heavy atom. The fraction of sp³-hybridized carbons (Fsp3) is 0.316. The van der Waals surface area contributed by atoms with Crippen molar-refractivity contribution in [1.82, 2.24) is 4.90 Å². The first-order valence-electron chi connectivity index (χ1n) is 8.25. The topological polar surface area (TPSA) is 57.7 Å². The molecule has 0 bridgehead atoms. The third-order valence-electron chi connectivity index (χ3n) is 3.93. The van der Waals surface area contributed by atoms with Gasteiger partial charge in [0, 0.05) is 17.6 Å². The van der Waals surface area contributed by atoms with Gasteiger partial charge in [0.25, 0.3) is 0 Å². The highest BCUT2D eigenvalue weighted by atomic mass is 35.5. The summed E-state index contributed by atoms with van der Waals surface area (Å²) in [5, 5.41) is 0.501. The Morgan fingerprint density at radius 1 is 1.04 bits per heavy atom. The Hall–Kier alpha value is -2.05. The van der Waals surface area contributed by atoms with Crippen LogP contribution in [0.3, 0.4) is 0 Å². The summed E-state index contributed by atoms with van der Waals surface area (Å²) in [6, 6.07) is 15.9. The zero-order chi connectivity index (χ0) is 19.3. The average Bonchev–Trinajstić information content (AvgIpc) is 2.58. The van der Waals surface area contributed by atoms with E-state index in [-0.39, 0.29) is 18.5 Å². The van der Waals surface area contributed by atoms with Gasteiger partial charge in [-0.25, -0.2) is 8.42 Å². The molecule has 0 aliphatic rings. The van der Waals surface area contributed by atoms with E-state index < -0.39 is 10.0 Å². The molecule has 2 aromatic rings. The fourth-order valence-electron chi connectivity index (χ4n) is 2.56. The van der Waals surface area contributed by atoms with E-state index in [1.165, 1.54) is 0 Å². The largest absolute Gasteiger partial charge is 0.334 e. The number of sulfonamides is 1. The molecule has 7 heteroatoms. The summed E-state index contributed by atoms with van der Waals surface area (Å²) in [5.74, 6) is -0.260. The highest BCUT2D eigenvalue weighted by Crippen LogP contribution is 2.21. The van der Waals surface area contributed by atoms with Crippen LogP contribution in [0.25, 0.3) is 0 Å². The molecule has 140 valence electrons. The van der Waals surface area contributed by atoms with Gasteiger partial charge in [-0.05, 0) is 43.7 Å². The van der Waals surface area contributed by atoms with E-state index in [4.69, 9.17) is 11.6 Å². The summed E-state index contributed by atoms with van der Waals surface area (Å²) < 4.78 is 25.6. The maximum absolute atomic E-state index is 12.9. The molecular formula is C19H23ClN2O3S. The van der Waals surface area contributed by atoms with Crippen LogP contribution in [-0.4, -0.2) is 38.1 Å². The van der Waals surface area contributed by atoms with E-state index in [2.05, 4.69) is 0 Å². The van der Waals surface area contributed by atoms with Crippen molar-refractivity contribution in [3.05, 3.63) is 65.2 Å². The predicted octanol–water partition coefficient (Wildman–Crippen LogP) is 3.54. The normalized spacial score (nSPS) is 11.4. The predicted molar refractivity (Wildman–Crippen MR) is 106 cm³/mol. The summed E-state index contributed by atoms with van der Waals surface area (Å²) in [7, 11) is -3.62. The first-order chi connectivity index (χ1) is 12.2. The summed E-state index contributed by atoms with van der Waals surface area (Å²) in [4.78, 5) is 14.6. The van der Waals surface area contributed by atoms with E-state index in [1.54, 1.807) is 29.2 Å². The van der Waals surface area contributed by atoms with Gasteiger partial charge in [0.1, 0.15) is 6.54 Å². The fourth-order valence-corrected chi connectivity index (χ4v) is 3.54. The summed E-state index contributed by atoms with van der Waals surface area (Å²) in [6.07, 6.45) is 1.09. The molecule has 0 N–H and O–H groups in total. The lowest BCUT2D eigenvalue weighted by Gasteiger charge is -2.30. The van der Waals surface area contributed by atoms with Gasteiger partial charge >= 0.3 is 0 Å². The Bertz CT molecular complexity index is 837. The van der Waals surface area contributed by atoms with E-state index in [1.807, 2.05) is 44.2 Å². The smallest absolute Gasteiger partial charge is 0.243 e. The third-order valence-corrected chi connectivity index (χ3v) is 5.33. The molecule has 0 aliphatic carbocycles. The van der Waals surface area contributed by atoms with Crippen LogP contribution in [0.4, 0.5) is 5.69 Å².